The SMILES string of the molecule is COCCN1C(=O)C(C)=C(C)[C@H]1N[C@@H](C(=O)OC)c1ccc(OC)c(OC)c1. The Morgan fingerprint density at radius 1 is 1.14 bits per heavy atom. The van der Waals surface area contributed by atoms with E-state index in [4.69, 9.17) is 18.9 Å². The second-order valence-corrected chi connectivity index (χ2v) is 6.44. The molecule has 1 aliphatic heterocycles. The maximum absolute atomic E-state index is 12.6. The van der Waals surface area contributed by atoms with Crippen LogP contribution >= 0.6 is 0 Å². The number of nitrogens with one attached hydrogen (secondary N) is 1. The van der Waals surface area contributed by atoms with E-state index in [-0.39, 0.29) is 5.91 Å². The molecule has 0 bridgehead atoms. The van der Waals surface area contributed by atoms with Gasteiger partial charge in [-0.3, -0.25) is 10.1 Å². The van der Waals surface area contributed by atoms with Gasteiger partial charge in [0.15, 0.2) is 11.5 Å². The van der Waals surface area contributed by atoms with Crippen molar-refractivity contribution in [2.75, 3.05) is 41.6 Å². The Hall–Kier alpha value is -2.58. The maximum atomic E-state index is 12.6. The van der Waals surface area contributed by atoms with Crippen LogP contribution in [0.4, 0.5) is 0 Å². The van der Waals surface area contributed by atoms with Crippen molar-refractivity contribution >= 4 is 11.9 Å². The smallest absolute Gasteiger partial charge is 0.327 e. The second kappa shape index (κ2) is 9.57. The minimum atomic E-state index is -0.798. The van der Waals surface area contributed by atoms with E-state index in [0.717, 1.165) is 5.57 Å². The predicted octanol–water partition coefficient (Wildman–Crippen LogP) is 1.66. The number of ether oxygens (including phenoxy) is 4. The maximum Gasteiger partial charge on any atom is 0.327 e. The summed E-state index contributed by atoms with van der Waals surface area (Å²) in [6.45, 7) is 4.45. The predicted molar refractivity (Wildman–Crippen MR) is 103 cm³/mol. The first-order chi connectivity index (χ1) is 13.4. The van der Waals surface area contributed by atoms with Crippen molar-refractivity contribution in [3.63, 3.8) is 0 Å². The normalized spacial score (nSPS) is 17.7. The van der Waals surface area contributed by atoms with Crippen molar-refractivity contribution < 1.29 is 28.5 Å². The van der Waals surface area contributed by atoms with Gasteiger partial charge >= 0.3 is 5.97 Å². The number of methoxy groups -OCH3 is 4. The van der Waals surface area contributed by atoms with Crippen LogP contribution in [0.2, 0.25) is 0 Å². The Kier molecular flexibility index (Phi) is 7.42. The van der Waals surface area contributed by atoms with Crippen molar-refractivity contribution in [1.82, 2.24) is 10.2 Å². The molecule has 0 unspecified atom stereocenters. The van der Waals surface area contributed by atoms with E-state index in [0.29, 0.717) is 35.8 Å². The zero-order chi connectivity index (χ0) is 20.8. The summed E-state index contributed by atoms with van der Waals surface area (Å²) in [5.74, 6) is 0.504. The van der Waals surface area contributed by atoms with E-state index in [9.17, 15) is 9.59 Å². The highest BCUT2D eigenvalue weighted by Gasteiger charge is 2.37. The molecule has 1 aromatic rings. The monoisotopic (exact) mass is 392 g/mol. The van der Waals surface area contributed by atoms with E-state index >= 15 is 0 Å². The van der Waals surface area contributed by atoms with Crippen molar-refractivity contribution in [2.24, 2.45) is 0 Å². The minimum Gasteiger partial charge on any atom is -0.493 e. The molecule has 0 aliphatic carbocycles. The molecule has 0 fully saturated rings. The molecule has 1 amide bonds. The lowest BCUT2D eigenvalue weighted by Gasteiger charge is -2.30. The second-order valence-electron chi connectivity index (χ2n) is 6.44. The summed E-state index contributed by atoms with van der Waals surface area (Å²) in [7, 11) is 5.98. The quantitative estimate of drug-likeness (QED) is 0.640. The fraction of sp³-hybridized carbons (Fsp3) is 0.500. The number of nitrogens with zero attached hydrogens (tertiary/aromatic N) is 1. The van der Waals surface area contributed by atoms with Crippen LogP contribution in [0.1, 0.15) is 25.5 Å². The molecule has 1 heterocycles. The first-order valence-electron chi connectivity index (χ1n) is 8.92. The van der Waals surface area contributed by atoms with Crippen molar-refractivity contribution in [3.8, 4) is 11.5 Å². The van der Waals surface area contributed by atoms with Gasteiger partial charge < -0.3 is 23.8 Å². The number of rotatable bonds is 9. The third-order valence-electron chi connectivity index (χ3n) is 4.93. The van der Waals surface area contributed by atoms with E-state index in [2.05, 4.69) is 5.32 Å². The van der Waals surface area contributed by atoms with Gasteiger partial charge in [-0.1, -0.05) is 6.07 Å². The molecule has 0 saturated carbocycles. The van der Waals surface area contributed by atoms with Gasteiger partial charge in [-0.25, -0.2) is 4.79 Å². The third-order valence-corrected chi connectivity index (χ3v) is 4.93. The third kappa shape index (κ3) is 4.28. The van der Waals surface area contributed by atoms with Crippen LogP contribution in [0.25, 0.3) is 0 Å². The first-order valence-corrected chi connectivity index (χ1v) is 8.92. The van der Waals surface area contributed by atoms with Gasteiger partial charge in [0.1, 0.15) is 12.2 Å². The Morgan fingerprint density at radius 2 is 1.82 bits per heavy atom. The number of carbonyl (C=O) groups is 2. The van der Waals surface area contributed by atoms with Crippen LogP contribution in [-0.2, 0) is 19.1 Å². The van der Waals surface area contributed by atoms with Crippen LogP contribution in [0.15, 0.2) is 29.3 Å². The fourth-order valence-corrected chi connectivity index (χ4v) is 3.18. The molecule has 0 saturated heterocycles. The van der Waals surface area contributed by atoms with Gasteiger partial charge in [-0.15, -0.1) is 0 Å². The molecule has 2 atom stereocenters. The summed E-state index contributed by atoms with van der Waals surface area (Å²) in [6, 6.07) is 4.41. The summed E-state index contributed by atoms with van der Waals surface area (Å²) in [6.07, 6.45) is -0.445. The molecule has 8 heteroatoms. The van der Waals surface area contributed by atoms with E-state index in [1.54, 1.807) is 44.2 Å². The first kappa shape index (κ1) is 21.7. The largest absolute Gasteiger partial charge is 0.493 e. The molecule has 1 aromatic carbocycles. The van der Waals surface area contributed by atoms with E-state index < -0.39 is 18.2 Å². The van der Waals surface area contributed by atoms with Crippen molar-refractivity contribution in [2.45, 2.75) is 26.1 Å². The molecule has 0 aromatic heterocycles. The van der Waals surface area contributed by atoms with Crippen LogP contribution in [0.5, 0.6) is 11.5 Å². The lowest BCUT2D eigenvalue weighted by Crippen LogP contribution is -2.49. The lowest BCUT2D eigenvalue weighted by atomic mass is 10.0. The highest BCUT2D eigenvalue weighted by atomic mass is 16.5. The number of esters is 1. The molecule has 28 heavy (non-hydrogen) atoms. The Morgan fingerprint density at radius 3 is 2.39 bits per heavy atom. The molecule has 154 valence electrons. The summed E-state index contributed by atoms with van der Waals surface area (Å²) >= 11 is 0. The number of carbonyl (C=O) groups excluding carboxylic acids is 2. The highest BCUT2D eigenvalue weighted by molar-refractivity contribution is 5.97. The summed E-state index contributed by atoms with van der Waals surface area (Å²) in [5, 5.41) is 3.26. The molecular weight excluding hydrogens is 364 g/mol. The molecule has 2 rings (SSSR count). The number of amides is 1. The van der Waals surface area contributed by atoms with Gasteiger partial charge in [0.25, 0.3) is 5.91 Å². The standard InChI is InChI=1S/C20H28N2O6/c1-12-13(2)19(23)22(9-10-25-3)18(12)21-17(20(24)28-6)14-7-8-15(26-4)16(11-14)27-5/h7-8,11,17-18,21H,9-10H2,1-6H3/t17-,18+/m1/s1. The van der Waals surface area contributed by atoms with Gasteiger partial charge in [-0.2, -0.15) is 0 Å². The molecule has 0 radical (unpaired) electrons. The zero-order valence-corrected chi connectivity index (χ0v) is 17.2. The molecule has 1 aliphatic rings. The zero-order valence-electron chi connectivity index (χ0n) is 17.2. The molecule has 0 spiro atoms. The highest BCUT2D eigenvalue weighted by Crippen LogP contribution is 2.32. The summed E-state index contributed by atoms with van der Waals surface area (Å²) in [5.41, 5.74) is 2.15. The van der Waals surface area contributed by atoms with Gasteiger partial charge in [0.2, 0.25) is 0 Å². The van der Waals surface area contributed by atoms with Crippen molar-refractivity contribution in [3.05, 3.63) is 34.9 Å². The topological polar surface area (TPSA) is 86.3 Å². The average molecular weight is 392 g/mol. The van der Waals surface area contributed by atoms with Crippen molar-refractivity contribution in [1.29, 1.82) is 0 Å². The number of hydrogen-bond acceptors (Lipinski definition) is 7. The van der Waals surface area contributed by atoms with Crippen LogP contribution < -0.4 is 14.8 Å². The lowest BCUT2D eigenvalue weighted by molar-refractivity contribution is -0.144. The van der Waals surface area contributed by atoms with Gasteiger partial charge in [0, 0.05) is 19.2 Å². The van der Waals surface area contributed by atoms with E-state index in [1.165, 1.54) is 14.2 Å². The number of benzene rings is 1. The number of hydrogen-bond donors (Lipinski definition) is 1. The molecule has 8 nitrogen and oxygen atoms in total. The Bertz CT molecular complexity index is 761. The van der Waals surface area contributed by atoms with Crippen LogP contribution in [-0.4, -0.2) is 64.5 Å². The van der Waals surface area contributed by atoms with Gasteiger partial charge in [-0.05, 0) is 37.1 Å². The summed E-state index contributed by atoms with van der Waals surface area (Å²) in [4.78, 5) is 26.8. The summed E-state index contributed by atoms with van der Waals surface area (Å²) < 4.78 is 20.7. The molecule has 1 N–H and O–H groups in total. The van der Waals surface area contributed by atoms with Gasteiger partial charge in [0.05, 0.1) is 27.9 Å². The Balaban J connectivity index is 2.38. The average Bonchev–Trinajstić information content (AvgIpc) is 2.92. The Labute approximate surface area is 165 Å². The molecular formula is C20H28N2O6. The van der Waals surface area contributed by atoms with Crippen LogP contribution in [0.3, 0.4) is 0 Å². The van der Waals surface area contributed by atoms with Crippen LogP contribution in [0, 0.1) is 0 Å². The van der Waals surface area contributed by atoms with E-state index in [1.807, 2.05) is 6.92 Å². The minimum absolute atomic E-state index is 0.0806. The fourth-order valence-electron chi connectivity index (χ4n) is 3.18.